The number of nitrogens with zero attached hydrogens (tertiary/aromatic N) is 2. The summed E-state index contributed by atoms with van der Waals surface area (Å²) in [5.74, 6) is -0.690. The van der Waals surface area contributed by atoms with Crippen LogP contribution in [0.2, 0.25) is 0 Å². The number of urea groups is 1. The van der Waals surface area contributed by atoms with Crippen LogP contribution in [0.1, 0.15) is 56.8 Å². The van der Waals surface area contributed by atoms with Crippen LogP contribution in [0.15, 0.2) is 72.8 Å². The Morgan fingerprint density at radius 2 is 1.48 bits per heavy atom. The highest BCUT2D eigenvalue weighted by molar-refractivity contribution is 6.00. The molecule has 2 N–H and O–H groups in total. The number of esters is 1. The molecule has 1 unspecified atom stereocenters. The molecule has 3 aromatic rings. The van der Waals surface area contributed by atoms with Gasteiger partial charge in [0.1, 0.15) is 5.60 Å². The van der Waals surface area contributed by atoms with Crippen molar-refractivity contribution in [1.29, 1.82) is 0 Å². The molecule has 9 nitrogen and oxygen atoms in total. The third-order valence-corrected chi connectivity index (χ3v) is 6.74. The van der Waals surface area contributed by atoms with E-state index in [1.54, 1.807) is 76.2 Å². The Morgan fingerprint density at radius 1 is 0.857 bits per heavy atom. The SMILES string of the molecule is CC(=O)N(C)C(CC(=O)OC(C)(C)C)c1ccc(N(C)C(=O)Cc2ccc(NC(=O)Nc3ccccc3C)cc2)cc1. The number of rotatable bonds is 9. The number of para-hydroxylation sites is 1. The molecule has 0 bridgehead atoms. The highest BCUT2D eigenvalue weighted by atomic mass is 16.6. The molecule has 0 radical (unpaired) electrons. The van der Waals surface area contributed by atoms with Crippen molar-refractivity contribution in [3.63, 3.8) is 0 Å². The molecule has 0 spiro atoms. The van der Waals surface area contributed by atoms with Crippen molar-refractivity contribution >= 4 is 40.9 Å². The second-order valence-electron chi connectivity index (χ2n) is 11.2. The average Bonchev–Trinajstić information content (AvgIpc) is 2.92. The molecule has 0 saturated carbocycles. The minimum atomic E-state index is -0.629. The monoisotopic (exact) mass is 572 g/mol. The smallest absolute Gasteiger partial charge is 0.323 e. The van der Waals surface area contributed by atoms with Crippen LogP contribution in [0.5, 0.6) is 0 Å². The van der Waals surface area contributed by atoms with E-state index in [0.717, 1.165) is 22.4 Å². The van der Waals surface area contributed by atoms with Gasteiger partial charge in [0.05, 0.1) is 18.9 Å². The standard InChI is InChI=1S/C33H40N4O5/c1-22-10-8-9-11-28(22)35-32(41)34-26-16-12-24(13-17-26)20-30(39)37(7)27-18-14-25(15-19-27)29(36(6)23(2)38)21-31(40)42-33(3,4)5/h8-19,29H,20-21H2,1-7H3,(H2,34,35,41). The molecule has 0 aliphatic carbocycles. The number of likely N-dealkylation sites (N-methyl/N-ethyl adjacent to an activating group) is 1. The van der Waals surface area contributed by atoms with Crippen LogP contribution in [0, 0.1) is 6.92 Å². The minimum Gasteiger partial charge on any atom is -0.460 e. The first kappa shape index (κ1) is 31.9. The van der Waals surface area contributed by atoms with Gasteiger partial charge >= 0.3 is 12.0 Å². The Morgan fingerprint density at radius 3 is 2.05 bits per heavy atom. The summed E-state index contributed by atoms with van der Waals surface area (Å²) < 4.78 is 5.47. The van der Waals surface area contributed by atoms with E-state index in [1.165, 1.54) is 11.8 Å². The zero-order valence-corrected chi connectivity index (χ0v) is 25.4. The van der Waals surface area contributed by atoms with Gasteiger partial charge in [-0.25, -0.2) is 4.79 Å². The van der Waals surface area contributed by atoms with Gasteiger partial charge in [0.15, 0.2) is 0 Å². The van der Waals surface area contributed by atoms with Crippen LogP contribution in [0.3, 0.4) is 0 Å². The van der Waals surface area contributed by atoms with Crippen LogP contribution in [-0.2, 0) is 25.5 Å². The molecule has 3 rings (SSSR count). The van der Waals surface area contributed by atoms with E-state index in [4.69, 9.17) is 4.74 Å². The molecule has 222 valence electrons. The van der Waals surface area contributed by atoms with Gasteiger partial charge in [-0.1, -0.05) is 42.5 Å². The number of amides is 4. The van der Waals surface area contributed by atoms with Gasteiger partial charge in [-0.15, -0.1) is 0 Å². The van der Waals surface area contributed by atoms with Gasteiger partial charge in [-0.3, -0.25) is 14.4 Å². The maximum Gasteiger partial charge on any atom is 0.323 e. The summed E-state index contributed by atoms with van der Waals surface area (Å²) in [5, 5.41) is 5.63. The van der Waals surface area contributed by atoms with Gasteiger partial charge in [0, 0.05) is 38.1 Å². The summed E-state index contributed by atoms with van der Waals surface area (Å²) in [6.45, 7) is 8.77. The van der Waals surface area contributed by atoms with Crippen LogP contribution < -0.4 is 15.5 Å². The number of benzene rings is 3. The lowest BCUT2D eigenvalue weighted by molar-refractivity contribution is -0.156. The van der Waals surface area contributed by atoms with Crippen molar-refractivity contribution in [3.8, 4) is 0 Å². The fourth-order valence-electron chi connectivity index (χ4n) is 4.30. The predicted octanol–water partition coefficient (Wildman–Crippen LogP) is 6.10. The largest absolute Gasteiger partial charge is 0.460 e. The number of carbonyl (C=O) groups excluding carboxylic acids is 4. The first-order valence-corrected chi connectivity index (χ1v) is 13.8. The zero-order chi connectivity index (χ0) is 31.0. The molecule has 0 heterocycles. The first-order valence-electron chi connectivity index (χ1n) is 13.8. The second-order valence-corrected chi connectivity index (χ2v) is 11.2. The van der Waals surface area contributed by atoms with Gasteiger partial charge in [-0.2, -0.15) is 0 Å². The number of ether oxygens (including phenoxy) is 1. The number of hydrogen-bond donors (Lipinski definition) is 2. The minimum absolute atomic E-state index is 0.0138. The highest BCUT2D eigenvalue weighted by Gasteiger charge is 2.26. The number of anilines is 3. The lowest BCUT2D eigenvalue weighted by Crippen LogP contribution is -2.33. The molecule has 1 atom stereocenters. The topological polar surface area (TPSA) is 108 Å². The van der Waals surface area contributed by atoms with Gasteiger partial charge in [0.2, 0.25) is 11.8 Å². The number of carbonyl (C=O) groups is 4. The average molecular weight is 573 g/mol. The lowest BCUT2D eigenvalue weighted by atomic mass is 10.0. The summed E-state index contributed by atoms with van der Waals surface area (Å²) >= 11 is 0. The second kappa shape index (κ2) is 13.8. The quantitative estimate of drug-likeness (QED) is 0.302. The third-order valence-electron chi connectivity index (χ3n) is 6.74. The van der Waals surface area contributed by atoms with E-state index in [2.05, 4.69) is 10.6 Å². The van der Waals surface area contributed by atoms with Crippen LogP contribution in [-0.4, -0.2) is 48.4 Å². The summed E-state index contributed by atoms with van der Waals surface area (Å²) in [6.07, 6.45) is 0.183. The number of hydrogen-bond acceptors (Lipinski definition) is 5. The molecule has 0 fully saturated rings. The van der Waals surface area contributed by atoms with Crippen LogP contribution in [0.4, 0.5) is 21.9 Å². The Hall–Kier alpha value is -4.66. The van der Waals surface area contributed by atoms with Gasteiger partial charge in [0.25, 0.3) is 0 Å². The fourth-order valence-corrected chi connectivity index (χ4v) is 4.30. The summed E-state index contributed by atoms with van der Waals surface area (Å²) in [7, 11) is 3.35. The predicted molar refractivity (Wildman–Crippen MR) is 165 cm³/mol. The van der Waals surface area contributed by atoms with E-state index >= 15 is 0 Å². The van der Waals surface area contributed by atoms with Crippen molar-refractivity contribution in [2.24, 2.45) is 0 Å². The molecular weight excluding hydrogens is 532 g/mol. The molecule has 0 saturated heterocycles. The Kier molecular flexibility index (Phi) is 10.5. The maximum absolute atomic E-state index is 13.0. The van der Waals surface area contributed by atoms with E-state index in [-0.39, 0.29) is 30.7 Å². The number of nitrogens with one attached hydrogen (secondary N) is 2. The normalized spacial score (nSPS) is 11.7. The summed E-state index contributed by atoms with van der Waals surface area (Å²) in [6, 6.07) is 21.0. The Bertz CT molecular complexity index is 1410. The molecule has 0 aliphatic heterocycles. The van der Waals surface area contributed by atoms with Gasteiger partial charge in [-0.05, 0) is 74.7 Å². The van der Waals surface area contributed by atoms with Crippen molar-refractivity contribution in [2.75, 3.05) is 29.6 Å². The Balaban J connectivity index is 1.62. The van der Waals surface area contributed by atoms with E-state index in [0.29, 0.717) is 11.4 Å². The molecule has 42 heavy (non-hydrogen) atoms. The first-order chi connectivity index (χ1) is 19.7. The van der Waals surface area contributed by atoms with E-state index in [9.17, 15) is 19.2 Å². The van der Waals surface area contributed by atoms with Crippen LogP contribution in [0.25, 0.3) is 0 Å². The van der Waals surface area contributed by atoms with Crippen molar-refractivity contribution in [1.82, 2.24) is 4.90 Å². The van der Waals surface area contributed by atoms with E-state index in [1.807, 2.05) is 43.3 Å². The fraction of sp³-hybridized carbons (Fsp3) is 0.333. The molecular formula is C33H40N4O5. The van der Waals surface area contributed by atoms with Crippen molar-refractivity contribution < 1.29 is 23.9 Å². The third kappa shape index (κ3) is 9.19. The summed E-state index contributed by atoms with van der Waals surface area (Å²) in [5.41, 5.74) is 3.92. The van der Waals surface area contributed by atoms with Crippen LogP contribution >= 0.6 is 0 Å². The van der Waals surface area contributed by atoms with Crippen molar-refractivity contribution in [2.45, 2.75) is 59.1 Å². The maximum atomic E-state index is 13.0. The molecule has 0 aliphatic rings. The molecule has 3 aromatic carbocycles. The molecule has 4 amide bonds. The lowest BCUT2D eigenvalue weighted by Gasteiger charge is -2.29. The van der Waals surface area contributed by atoms with Gasteiger partial charge < -0.3 is 25.2 Å². The molecule has 0 aromatic heterocycles. The van der Waals surface area contributed by atoms with E-state index < -0.39 is 17.6 Å². The van der Waals surface area contributed by atoms with Crippen molar-refractivity contribution in [3.05, 3.63) is 89.5 Å². The number of aryl methyl sites for hydroxylation is 1. The summed E-state index contributed by atoms with van der Waals surface area (Å²) in [4.78, 5) is 53.1. The Labute approximate surface area is 247 Å². The zero-order valence-electron chi connectivity index (χ0n) is 25.4. The highest BCUT2D eigenvalue weighted by Crippen LogP contribution is 2.27. The molecule has 9 heteroatoms.